The van der Waals surface area contributed by atoms with Crippen LogP contribution in [0.3, 0.4) is 0 Å². The maximum absolute atomic E-state index is 12.4. The van der Waals surface area contributed by atoms with E-state index in [0.717, 1.165) is 22.8 Å². The average molecular weight is 313 g/mol. The molecule has 2 N–H and O–H groups in total. The highest BCUT2D eigenvalue weighted by molar-refractivity contribution is 5.91. The van der Waals surface area contributed by atoms with Crippen LogP contribution >= 0.6 is 0 Å². The Bertz CT molecular complexity index is 607. The lowest BCUT2D eigenvalue weighted by molar-refractivity contribution is -0.886. The van der Waals surface area contributed by atoms with E-state index >= 15 is 0 Å². The Morgan fingerprint density at radius 1 is 1.23 bits per heavy atom. The molecule has 0 radical (unpaired) electrons. The number of hydrogen-bond donors (Lipinski definition) is 2. The van der Waals surface area contributed by atoms with E-state index in [9.17, 15) is 18.0 Å². The molecule has 0 aliphatic heterocycles. The monoisotopic (exact) mass is 313 g/mol. The zero-order chi connectivity index (χ0) is 16.2. The van der Waals surface area contributed by atoms with Gasteiger partial charge in [0.2, 0.25) is 0 Å². The van der Waals surface area contributed by atoms with Crippen molar-refractivity contribution in [1.82, 2.24) is 0 Å². The lowest BCUT2D eigenvalue weighted by Gasteiger charge is -2.13. The molecule has 0 bridgehead atoms. The molecule has 1 aromatic carbocycles. The molecule has 1 aromatic heterocycles. The molecule has 0 aliphatic carbocycles. The minimum Gasteiger partial charge on any atom is -0.463 e. The highest BCUT2D eigenvalue weighted by Crippen LogP contribution is 2.29. The molecular formula is C15H16F3N2O2+. The normalized spacial score (nSPS) is 12.9. The van der Waals surface area contributed by atoms with Crippen molar-refractivity contribution >= 4 is 11.6 Å². The van der Waals surface area contributed by atoms with E-state index in [4.69, 9.17) is 4.42 Å². The van der Waals surface area contributed by atoms with Crippen LogP contribution in [0.5, 0.6) is 0 Å². The molecule has 22 heavy (non-hydrogen) atoms. The summed E-state index contributed by atoms with van der Waals surface area (Å²) in [4.78, 5) is 12.8. The van der Waals surface area contributed by atoms with Crippen LogP contribution < -0.4 is 10.2 Å². The van der Waals surface area contributed by atoms with Crippen LogP contribution in [0.1, 0.15) is 11.3 Å². The number of benzene rings is 1. The van der Waals surface area contributed by atoms with Gasteiger partial charge in [-0.05, 0) is 36.4 Å². The van der Waals surface area contributed by atoms with Gasteiger partial charge in [0.1, 0.15) is 6.54 Å². The van der Waals surface area contributed by atoms with Gasteiger partial charge < -0.3 is 14.6 Å². The van der Waals surface area contributed by atoms with E-state index in [-0.39, 0.29) is 12.5 Å². The quantitative estimate of drug-likeness (QED) is 0.886. The van der Waals surface area contributed by atoms with Crippen molar-refractivity contribution in [3.05, 3.63) is 54.0 Å². The van der Waals surface area contributed by atoms with E-state index in [1.807, 2.05) is 13.1 Å². The van der Waals surface area contributed by atoms with Gasteiger partial charge in [-0.1, -0.05) is 0 Å². The van der Waals surface area contributed by atoms with Crippen LogP contribution in [0.4, 0.5) is 18.9 Å². The van der Waals surface area contributed by atoms with Gasteiger partial charge in [0.25, 0.3) is 5.91 Å². The number of rotatable bonds is 5. The number of carbonyl (C=O) groups is 1. The number of alkyl halides is 3. The van der Waals surface area contributed by atoms with Crippen molar-refractivity contribution in [3.8, 4) is 0 Å². The van der Waals surface area contributed by atoms with Gasteiger partial charge in [-0.2, -0.15) is 13.2 Å². The number of anilines is 1. The number of hydrogen-bond acceptors (Lipinski definition) is 2. The SMILES string of the molecule is C[NH+](CC(=O)Nc1ccc(C(F)(F)F)cc1)Cc1ccco1. The van der Waals surface area contributed by atoms with Gasteiger partial charge in [-0.15, -0.1) is 0 Å². The minimum absolute atomic E-state index is 0.182. The predicted octanol–water partition coefficient (Wildman–Crippen LogP) is 1.95. The molecule has 4 nitrogen and oxygen atoms in total. The summed E-state index contributed by atoms with van der Waals surface area (Å²) in [5.74, 6) is 0.489. The molecule has 0 aliphatic rings. The fourth-order valence-corrected chi connectivity index (χ4v) is 1.99. The molecule has 1 amide bonds. The molecule has 2 rings (SSSR count). The highest BCUT2D eigenvalue weighted by Gasteiger charge is 2.30. The topological polar surface area (TPSA) is 46.7 Å². The first-order valence-corrected chi connectivity index (χ1v) is 6.65. The average Bonchev–Trinajstić information content (AvgIpc) is 2.90. The third kappa shape index (κ3) is 4.63. The summed E-state index contributed by atoms with van der Waals surface area (Å²) >= 11 is 0. The summed E-state index contributed by atoms with van der Waals surface area (Å²) in [6, 6.07) is 7.94. The van der Waals surface area contributed by atoms with E-state index in [2.05, 4.69) is 5.32 Å². The fourth-order valence-electron chi connectivity index (χ4n) is 1.99. The molecule has 0 spiro atoms. The number of furan rings is 1. The van der Waals surface area contributed by atoms with Crippen LogP contribution in [0.25, 0.3) is 0 Å². The van der Waals surface area contributed by atoms with Crippen molar-refractivity contribution in [2.75, 3.05) is 18.9 Å². The summed E-state index contributed by atoms with van der Waals surface area (Å²) in [6.45, 7) is 0.731. The smallest absolute Gasteiger partial charge is 0.416 e. The van der Waals surface area contributed by atoms with Crippen LogP contribution in [0.2, 0.25) is 0 Å². The zero-order valence-corrected chi connectivity index (χ0v) is 11.9. The summed E-state index contributed by atoms with van der Waals surface area (Å²) in [7, 11) is 1.83. The van der Waals surface area contributed by atoms with Crippen LogP contribution in [0, 0.1) is 0 Å². The molecule has 1 unspecified atom stereocenters. The lowest BCUT2D eigenvalue weighted by atomic mass is 10.2. The van der Waals surface area contributed by atoms with Crippen molar-refractivity contribution in [2.24, 2.45) is 0 Å². The van der Waals surface area contributed by atoms with Crippen molar-refractivity contribution < 1.29 is 27.3 Å². The molecule has 118 valence electrons. The predicted molar refractivity (Wildman–Crippen MR) is 74.2 cm³/mol. The zero-order valence-electron chi connectivity index (χ0n) is 11.9. The first-order chi connectivity index (χ1) is 10.3. The summed E-state index contributed by atoms with van der Waals surface area (Å²) < 4.78 is 42.5. The number of amides is 1. The number of carbonyl (C=O) groups excluding carboxylic acids is 1. The Balaban J connectivity index is 1.86. The largest absolute Gasteiger partial charge is 0.463 e. The van der Waals surface area contributed by atoms with Gasteiger partial charge in [-0.3, -0.25) is 4.79 Å². The molecule has 0 saturated carbocycles. The number of likely N-dealkylation sites (N-methyl/N-ethyl adjacent to an activating group) is 1. The van der Waals surface area contributed by atoms with Gasteiger partial charge in [0.15, 0.2) is 12.3 Å². The van der Waals surface area contributed by atoms with E-state index in [1.165, 1.54) is 12.1 Å². The first-order valence-electron chi connectivity index (χ1n) is 6.65. The van der Waals surface area contributed by atoms with Crippen LogP contribution in [-0.4, -0.2) is 19.5 Å². The molecule has 1 atom stereocenters. The Labute approximate surface area is 125 Å². The Hall–Kier alpha value is -2.28. The molecular weight excluding hydrogens is 297 g/mol. The minimum atomic E-state index is -4.38. The third-order valence-electron chi connectivity index (χ3n) is 3.01. The second-order valence-electron chi connectivity index (χ2n) is 5.01. The second kappa shape index (κ2) is 6.65. The standard InChI is InChI=1S/C15H15F3N2O2/c1-20(9-13-3-2-8-22-13)10-14(21)19-12-6-4-11(5-7-12)15(16,17)18/h2-8H,9-10H2,1H3,(H,19,21)/p+1. The Morgan fingerprint density at radius 2 is 1.91 bits per heavy atom. The molecule has 1 heterocycles. The first kappa shape index (κ1) is 16.1. The van der Waals surface area contributed by atoms with E-state index < -0.39 is 11.7 Å². The molecule has 7 heteroatoms. The van der Waals surface area contributed by atoms with E-state index in [0.29, 0.717) is 12.2 Å². The van der Waals surface area contributed by atoms with Gasteiger partial charge in [0, 0.05) is 5.69 Å². The lowest BCUT2D eigenvalue weighted by Crippen LogP contribution is -3.08. The molecule has 0 saturated heterocycles. The van der Waals surface area contributed by atoms with Crippen LogP contribution in [-0.2, 0) is 17.5 Å². The van der Waals surface area contributed by atoms with Gasteiger partial charge in [0.05, 0.1) is 18.9 Å². The number of quaternary nitrogens is 1. The van der Waals surface area contributed by atoms with Crippen molar-refractivity contribution in [2.45, 2.75) is 12.7 Å². The van der Waals surface area contributed by atoms with E-state index in [1.54, 1.807) is 12.3 Å². The van der Waals surface area contributed by atoms with Gasteiger partial charge in [-0.25, -0.2) is 0 Å². The third-order valence-corrected chi connectivity index (χ3v) is 3.01. The highest BCUT2D eigenvalue weighted by atomic mass is 19.4. The van der Waals surface area contributed by atoms with Crippen molar-refractivity contribution in [1.29, 1.82) is 0 Å². The summed E-state index contributed by atoms with van der Waals surface area (Å²) in [6.07, 6.45) is -2.82. The molecule has 0 fully saturated rings. The van der Waals surface area contributed by atoms with Crippen molar-refractivity contribution in [3.63, 3.8) is 0 Å². The second-order valence-corrected chi connectivity index (χ2v) is 5.01. The Kier molecular flexibility index (Phi) is 4.87. The summed E-state index contributed by atoms with van der Waals surface area (Å²) in [5, 5.41) is 2.57. The van der Waals surface area contributed by atoms with Crippen LogP contribution in [0.15, 0.2) is 47.1 Å². The fraction of sp³-hybridized carbons (Fsp3) is 0.267. The maximum atomic E-state index is 12.4. The maximum Gasteiger partial charge on any atom is 0.416 e. The molecule has 2 aromatic rings. The number of halogens is 3. The van der Waals surface area contributed by atoms with Gasteiger partial charge >= 0.3 is 6.18 Å². The summed E-state index contributed by atoms with van der Waals surface area (Å²) in [5.41, 5.74) is -0.408. The Morgan fingerprint density at radius 3 is 2.45 bits per heavy atom. The number of nitrogens with one attached hydrogen (secondary N) is 2.